The van der Waals surface area contributed by atoms with Crippen molar-refractivity contribution >= 4 is 25.9 Å². The molecule has 0 spiro atoms. The maximum atomic E-state index is 2.37. The van der Waals surface area contributed by atoms with E-state index in [4.69, 9.17) is 0 Å². The van der Waals surface area contributed by atoms with Crippen LogP contribution in [0.5, 0.6) is 0 Å². The molecular weight excluding hydrogens is 228 g/mol. The van der Waals surface area contributed by atoms with Gasteiger partial charge in [0.15, 0.2) is 0 Å². The van der Waals surface area contributed by atoms with Crippen LogP contribution in [0.15, 0.2) is 0 Å². The second kappa shape index (κ2) is 12.7. The molecule has 0 N–H and O–H groups in total. The monoisotopic (exact) mass is 260 g/mol. The smallest absolute Gasteiger partial charge is 0.0128 e. The summed E-state index contributed by atoms with van der Waals surface area (Å²) in [4.78, 5) is 0. The summed E-state index contributed by atoms with van der Waals surface area (Å²) < 4.78 is 0. The van der Waals surface area contributed by atoms with Gasteiger partial charge in [-0.3, -0.25) is 0 Å². The van der Waals surface area contributed by atoms with Gasteiger partial charge in [-0.1, -0.05) is 77.4 Å². The van der Waals surface area contributed by atoms with Gasteiger partial charge in [0.05, 0.1) is 0 Å². The minimum absolute atomic E-state index is 0.0368. The highest BCUT2D eigenvalue weighted by Gasteiger charge is 2.10. The molecule has 0 heterocycles. The molecule has 0 aromatic carbocycles. The van der Waals surface area contributed by atoms with E-state index in [1.54, 1.807) is 37.4 Å². The molecule has 0 radical (unpaired) electrons. The Morgan fingerprint density at radius 1 is 0.733 bits per heavy atom. The molecule has 0 aliphatic rings. The lowest BCUT2D eigenvalue weighted by Gasteiger charge is -2.13. The van der Waals surface area contributed by atoms with Gasteiger partial charge in [-0.15, -0.1) is 0 Å². The second-order valence-electron chi connectivity index (χ2n) is 5.00. The number of unbranched alkanes of at least 4 members (excludes halogenated alkanes) is 3. The summed E-state index contributed by atoms with van der Waals surface area (Å²) in [7, 11) is 0.896. The first kappa shape index (κ1) is 15.7. The molecule has 0 aromatic rings. The molecule has 0 aromatic heterocycles. The van der Waals surface area contributed by atoms with Gasteiger partial charge in [0.1, 0.15) is 0 Å². The summed E-state index contributed by atoms with van der Waals surface area (Å²) in [6.45, 7) is 7.07. The largest absolute Gasteiger partial charge is 0.0654 e. The van der Waals surface area contributed by atoms with E-state index in [0.29, 0.717) is 18.1 Å². The van der Waals surface area contributed by atoms with Gasteiger partial charge in [-0.05, 0) is 0 Å². The lowest BCUT2D eigenvalue weighted by Crippen LogP contribution is -2.29. The molecule has 3 heteroatoms. The van der Waals surface area contributed by atoms with Gasteiger partial charge in [0, 0.05) is 25.9 Å². The number of rotatable bonds is 11. The van der Waals surface area contributed by atoms with E-state index in [9.17, 15) is 0 Å². The van der Waals surface area contributed by atoms with Crippen LogP contribution in [0.4, 0.5) is 0 Å². The standard InChI is InChI=1S/C12H32Si3/c1-4-7-10-13-15(12-9-6-3)14-11-8-5-2/h15H,4-14H2,1-3H3. The third-order valence-corrected chi connectivity index (χ3v) is 25.2. The van der Waals surface area contributed by atoms with Crippen molar-refractivity contribution in [3.8, 4) is 0 Å². The SMILES string of the molecule is CCCC[SiH2][SiH](CCCC)[SiH2]CCCC. The summed E-state index contributed by atoms with van der Waals surface area (Å²) in [6.07, 6.45) is 9.04. The normalized spacial score (nSPS) is 14.6. The van der Waals surface area contributed by atoms with Crippen molar-refractivity contribution in [2.75, 3.05) is 0 Å². The van der Waals surface area contributed by atoms with Crippen LogP contribution in [-0.2, 0) is 0 Å². The molecule has 15 heavy (non-hydrogen) atoms. The van der Waals surface area contributed by atoms with Crippen molar-refractivity contribution in [1.82, 2.24) is 0 Å². The highest BCUT2D eigenvalue weighted by Crippen LogP contribution is 2.06. The summed E-state index contributed by atoms with van der Waals surface area (Å²) in [5, 5.41) is 0. The third kappa shape index (κ3) is 10.9. The van der Waals surface area contributed by atoms with Crippen LogP contribution in [0, 0.1) is 0 Å². The van der Waals surface area contributed by atoms with E-state index in [1.165, 1.54) is 19.3 Å². The van der Waals surface area contributed by atoms with Crippen LogP contribution in [0.3, 0.4) is 0 Å². The van der Waals surface area contributed by atoms with Gasteiger partial charge in [-0.25, -0.2) is 0 Å². The van der Waals surface area contributed by atoms with Crippen LogP contribution in [-0.4, -0.2) is 25.9 Å². The third-order valence-electron chi connectivity index (χ3n) is 3.40. The van der Waals surface area contributed by atoms with Gasteiger partial charge in [-0.2, -0.15) is 0 Å². The highest BCUT2D eigenvalue weighted by atomic mass is 29.6. The Balaban J connectivity index is 3.53. The lowest BCUT2D eigenvalue weighted by atomic mass is 10.4. The molecule has 0 atom stereocenters. The first-order valence-electron chi connectivity index (χ1n) is 7.35. The van der Waals surface area contributed by atoms with E-state index in [-0.39, 0.29) is 7.83 Å². The Morgan fingerprint density at radius 3 is 1.60 bits per heavy atom. The van der Waals surface area contributed by atoms with Crippen LogP contribution in [0.2, 0.25) is 18.1 Å². The Hall–Kier alpha value is 0.651. The second-order valence-corrected chi connectivity index (χ2v) is 23.7. The molecule has 92 valence electrons. The van der Waals surface area contributed by atoms with Crippen molar-refractivity contribution in [3.63, 3.8) is 0 Å². The quantitative estimate of drug-likeness (QED) is 0.396. The average molecular weight is 261 g/mol. The topological polar surface area (TPSA) is 0 Å². The highest BCUT2D eigenvalue weighted by molar-refractivity contribution is 7.39. The molecule has 0 unspecified atom stereocenters. The van der Waals surface area contributed by atoms with Crippen LogP contribution < -0.4 is 0 Å². The predicted octanol–water partition coefficient (Wildman–Crippen LogP) is 2.78. The van der Waals surface area contributed by atoms with E-state index in [2.05, 4.69) is 20.8 Å². The zero-order chi connectivity index (χ0) is 11.4. The Bertz CT molecular complexity index is 107. The van der Waals surface area contributed by atoms with Gasteiger partial charge < -0.3 is 0 Å². The Kier molecular flexibility index (Phi) is 13.3. The minimum atomic E-state index is -0.0368. The average Bonchev–Trinajstić information content (AvgIpc) is 2.25. The van der Waals surface area contributed by atoms with Crippen LogP contribution in [0.1, 0.15) is 59.3 Å². The molecule has 0 rings (SSSR count). The molecule has 0 saturated heterocycles. The van der Waals surface area contributed by atoms with E-state index in [0.717, 1.165) is 0 Å². The fourth-order valence-corrected chi connectivity index (χ4v) is 24.2. The lowest BCUT2D eigenvalue weighted by molar-refractivity contribution is 0.871. The zero-order valence-electron chi connectivity index (χ0n) is 11.4. The Labute approximate surface area is 103 Å². The van der Waals surface area contributed by atoms with Crippen molar-refractivity contribution in [2.24, 2.45) is 0 Å². The fraction of sp³-hybridized carbons (Fsp3) is 1.00. The fourth-order valence-electron chi connectivity index (χ4n) is 2.29. The summed E-state index contributed by atoms with van der Waals surface area (Å²) in [6, 6.07) is 5.16. The van der Waals surface area contributed by atoms with E-state index in [1.807, 2.05) is 0 Å². The minimum Gasteiger partial charge on any atom is -0.0654 e. The molecule has 0 aliphatic carbocycles. The first-order valence-corrected chi connectivity index (χ1v) is 16.7. The maximum absolute atomic E-state index is 2.37. The van der Waals surface area contributed by atoms with Crippen molar-refractivity contribution < 1.29 is 0 Å². The van der Waals surface area contributed by atoms with Gasteiger partial charge in [0.25, 0.3) is 0 Å². The molecule has 0 bridgehead atoms. The first-order chi connectivity index (χ1) is 7.35. The molecule has 0 aliphatic heterocycles. The van der Waals surface area contributed by atoms with Crippen molar-refractivity contribution in [1.29, 1.82) is 0 Å². The van der Waals surface area contributed by atoms with E-state index < -0.39 is 0 Å². The molecule has 0 nitrogen and oxygen atoms in total. The summed E-state index contributed by atoms with van der Waals surface area (Å²) in [5.41, 5.74) is 0. The molecule has 0 amide bonds. The van der Waals surface area contributed by atoms with Crippen LogP contribution in [0.25, 0.3) is 0 Å². The molecule has 0 saturated carbocycles. The summed E-state index contributed by atoms with van der Waals surface area (Å²) in [5.74, 6) is 0. The number of hydrogen-bond donors (Lipinski definition) is 0. The van der Waals surface area contributed by atoms with Gasteiger partial charge in [0.2, 0.25) is 0 Å². The van der Waals surface area contributed by atoms with Crippen molar-refractivity contribution in [2.45, 2.75) is 77.4 Å². The summed E-state index contributed by atoms with van der Waals surface area (Å²) >= 11 is 0. The van der Waals surface area contributed by atoms with Crippen molar-refractivity contribution in [3.05, 3.63) is 0 Å². The molecule has 0 fully saturated rings. The number of hydrogen-bond acceptors (Lipinski definition) is 0. The zero-order valence-corrected chi connectivity index (χ0v) is 15.3. The Morgan fingerprint density at radius 2 is 1.20 bits per heavy atom. The molecular formula is C12H32Si3. The maximum Gasteiger partial charge on any atom is 0.0128 e. The van der Waals surface area contributed by atoms with Crippen LogP contribution >= 0.6 is 0 Å². The predicted molar refractivity (Wildman–Crippen MR) is 83.4 cm³/mol. The van der Waals surface area contributed by atoms with E-state index >= 15 is 0 Å². The van der Waals surface area contributed by atoms with Gasteiger partial charge >= 0.3 is 0 Å².